The molecule has 9 heteroatoms. The number of carbonyl (C=O) groups is 2. The van der Waals surface area contributed by atoms with Crippen molar-refractivity contribution >= 4 is 60.8 Å². The second-order valence-corrected chi connectivity index (χ2v) is 10.7. The highest BCUT2D eigenvalue weighted by Crippen LogP contribution is 2.32. The summed E-state index contributed by atoms with van der Waals surface area (Å²) in [5.41, 5.74) is 2.70. The molecule has 0 atom stereocenters. The average Bonchev–Trinajstić information content (AvgIpc) is 3.35. The number of H-pyrrole nitrogens is 1. The first kappa shape index (κ1) is 22.7. The van der Waals surface area contributed by atoms with Gasteiger partial charge in [-0.05, 0) is 50.6 Å². The lowest BCUT2D eigenvalue weighted by Crippen LogP contribution is -2.44. The number of aromatic nitrogens is 3. The minimum Gasteiger partial charge on any atom is -0.372 e. The third-order valence-electron chi connectivity index (χ3n) is 5.39. The molecule has 0 bridgehead atoms. The number of nitrogens with zero attached hydrogens (tertiary/aromatic N) is 2. The summed E-state index contributed by atoms with van der Waals surface area (Å²) in [6.45, 7) is 11.1. The number of hydrogen-bond acceptors (Lipinski definition) is 6. The largest absolute Gasteiger partial charge is 0.372 e. The highest BCUT2D eigenvalue weighted by Gasteiger charge is 2.29. The maximum absolute atomic E-state index is 13.1. The van der Waals surface area contributed by atoms with E-state index in [0.717, 1.165) is 32.4 Å². The van der Waals surface area contributed by atoms with Crippen molar-refractivity contribution in [2.75, 3.05) is 16.0 Å². The second kappa shape index (κ2) is 8.15. The number of amides is 2. The van der Waals surface area contributed by atoms with Crippen molar-refractivity contribution < 1.29 is 9.59 Å². The van der Waals surface area contributed by atoms with Gasteiger partial charge in [-0.2, -0.15) is 5.10 Å². The van der Waals surface area contributed by atoms with Crippen molar-refractivity contribution in [2.24, 2.45) is 5.41 Å². The van der Waals surface area contributed by atoms with E-state index in [0.29, 0.717) is 10.8 Å². The van der Waals surface area contributed by atoms with E-state index in [4.69, 9.17) is 0 Å². The maximum atomic E-state index is 13.1. The van der Waals surface area contributed by atoms with Gasteiger partial charge in [-0.3, -0.25) is 20.0 Å². The summed E-state index contributed by atoms with van der Waals surface area (Å²) >= 11 is 1.42. The topological polar surface area (TPSA) is 112 Å². The zero-order valence-electron chi connectivity index (χ0n) is 19.6. The Hall–Kier alpha value is -3.46. The molecule has 4 rings (SSSR count). The molecule has 0 unspecified atom stereocenters. The summed E-state index contributed by atoms with van der Waals surface area (Å²) in [6, 6.07) is 9.49. The molecular formula is C24H28N6O2S. The van der Waals surface area contributed by atoms with Crippen LogP contribution >= 0.6 is 11.3 Å². The number of benzene rings is 2. The fourth-order valence-electron chi connectivity index (χ4n) is 3.27. The fourth-order valence-corrected chi connectivity index (χ4v) is 4.24. The number of anilines is 3. The monoisotopic (exact) mass is 464 g/mol. The third-order valence-corrected chi connectivity index (χ3v) is 6.41. The smallest absolute Gasteiger partial charge is 0.251 e. The van der Waals surface area contributed by atoms with E-state index in [1.807, 2.05) is 58.0 Å². The highest BCUT2D eigenvalue weighted by molar-refractivity contribution is 7.23. The Bertz CT molecular complexity index is 1360. The maximum Gasteiger partial charge on any atom is 0.251 e. The summed E-state index contributed by atoms with van der Waals surface area (Å²) in [7, 11) is 0. The van der Waals surface area contributed by atoms with E-state index in [2.05, 4.69) is 31.1 Å². The molecule has 0 spiro atoms. The normalized spacial score (nSPS) is 12.2. The molecule has 0 saturated carbocycles. The summed E-state index contributed by atoms with van der Waals surface area (Å²) < 4.78 is 0.972. The van der Waals surface area contributed by atoms with Crippen LogP contribution in [-0.2, 0) is 9.59 Å². The molecule has 2 aromatic carbocycles. The van der Waals surface area contributed by atoms with Crippen LogP contribution in [0.15, 0.2) is 36.5 Å². The molecule has 0 fully saturated rings. The summed E-state index contributed by atoms with van der Waals surface area (Å²) in [5.74, 6) is -0.284. The molecule has 0 aliphatic rings. The van der Waals surface area contributed by atoms with Gasteiger partial charge in [0, 0.05) is 22.2 Å². The van der Waals surface area contributed by atoms with Crippen LogP contribution in [0.4, 0.5) is 16.5 Å². The standard InChI is InChI=1S/C24H28N6O2S/c1-13-7-8-14(11-18(13)26-20(31)23(2,3)4)29-24(5,6)21(32)28-22-27-17-10-9-16-15(12-25-30-16)19(17)33-22/h7-12,29H,1-6H3,(H,25,30)(H,26,31)(H,27,28,32). The molecule has 8 nitrogen and oxygen atoms in total. The molecule has 33 heavy (non-hydrogen) atoms. The molecule has 2 heterocycles. The number of aromatic amines is 1. The van der Waals surface area contributed by atoms with Crippen LogP contribution in [0, 0.1) is 12.3 Å². The molecule has 0 radical (unpaired) electrons. The van der Waals surface area contributed by atoms with Crippen molar-refractivity contribution in [3.8, 4) is 0 Å². The van der Waals surface area contributed by atoms with Crippen molar-refractivity contribution in [1.82, 2.24) is 15.2 Å². The number of carbonyl (C=O) groups excluding carboxylic acids is 2. The fraction of sp³-hybridized carbons (Fsp3) is 0.333. The van der Waals surface area contributed by atoms with E-state index in [-0.39, 0.29) is 11.8 Å². The zero-order valence-corrected chi connectivity index (χ0v) is 20.4. The number of aryl methyl sites for hydroxylation is 1. The Kier molecular flexibility index (Phi) is 5.61. The number of nitrogens with one attached hydrogen (secondary N) is 4. The zero-order chi connectivity index (χ0) is 24.0. The third kappa shape index (κ3) is 4.68. The van der Waals surface area contributed by atoms with E-state index in [1.54, 1.807) is 20.0 Å². The minimum absolute atomic E-state index is 0.0673. The van der Waals surface area contributed by atoms with Crippen molar-refractivity contribution in [2.45, 2.75) is 47.1 Å². The van der Waals surface area contributed by atoms with Gasteiger partial charge in [0.05, 0.1) is 21.9 Å². The lowest BCUT2D eigenvalue weighted by atomic mass is 9.95. The average molecular weight is 465 g/mol. The van der Waals surface area contributed by atoms with Crippen LogP contribution in [0.25, 0.3) is 21.1 Å². The first-order valence-corrected chi connectivity index (χ1v) is 11.5. The highest BCUT2D eigenvalue weighted by atomic mass is 32.1. The number of thiazole rings is 1. The first-order chi connectivity index (χ1) is 15.4. The van der Waals surface area contributed by atoms with E-state index < -0.39 is 11.0 Å². The van der Waals surface area contributed by atoms with Gasteiger partial charge in [0.25, 0.3) is 5.91 Å². The van der Waals surface area contributed by atoms with Crippen LogP contribution in [-0.4, -0.2) is 32.5 Å². The summed E-state index contributed by atoms with van der Waals surface area (Å²) in [5, 5.41) is 17.7. The lowest BCUT2D eigenvalue weighted by Gasteiger charge is -2.26. The Labute approximate surface area is 196 Å². The number of rotatable bonds is 5. The Morgan fingerprint density at radius 1 is 1.00 bits per heavy atom. The Balaban J connectivity index is 1.51. The van der Waals surface area contributed by atoms with Gasteiger partial charge >= 0.3 is 0 Å². The van der Waals surface area contributed by atoms with Crippen molar-refractivity contribution in [1.29, 1.82) is 0 Å². The van der Waals surface area contributed by atoms with E-state index >= 15 is 0 Å². The molecular weight excluding hydrogens is 436 g/mol. The first-order valence-electron chi connectivity index (χ1n) is 10.7. The Morgan fingerprint density at radius 2 is 1.76 bits per heavy atom. The quantitative estimate of drug-likeness (QED) is 0.320. The van der Waals surface area contributed by atoms with Gasteiger partial charge in [0.15, 0.2) is 5.13 Å². The van der Waals surface area contributed by atoms with Crippen LogP contribution in [0.1, 0.15) is 40.2 Å². The van der Waals surface area contributed by atoms with Crippen LogP contribution in [0.3, 0.4) is 0 Å². The van der Waals surface area contributed by atoms with Crippen LogP contribution in [0.5, 0.6) is 0 Å². The molecule has 4 aromatic rings. The molecule has 4 N–H and O–H groups in total. The molecule has 172 valence electrons. The van der Waals surface area contributed by atoms with Crippen LogP contribution < -0.4 is 16.0 Å². The lowest BCUT2D eigenvalue weighted by molar-refractivity contribution is -0.123. The summed E-state index contributed by atoms with van der Waals surface area (Å²) in [4.78, 5) is 30.1. The Morgan fingerprint density at radius 3 is 2.48 bits per heavy atom. The van der Waals surface area contributed by atoms with Gasteiger partial charge in [-0.25, -0.2) is 4.98 Å². The molecule has 2 aromatic heterocycles. The predicted octanol–water partition coefficient (Wildman–Crippen LogP) is 5.29. The van der Waals surface area contributed by atoms with Crippen LogP contribution in [0.2, 0.25) is 0 Å². The van der Waals surface area contributed by atoms with E-state index in [9.17, 15) is 9.59 Å². The second-order valence-electron chi connectivity index (χ2n) is 9.70. The molecule has 0 aliphatic carbocycles. The SMILES string of the molecule is Cc1ccc(NC(C)(C)C(=O)Nc2nc3ccc4[nH]ncc4c3s2)cc1NC(=O)C(C)(C)C. The van der Waals surface area contributed by atoms with Gasteiger partial charge < -0.3 is 10.6 Å². The molecule has 0 saturated heterocycles. The van der Waals surface area contributed by atoms with Gasteiger partial charge in [-0.1, -0.05) is 38.2 Å². The summed E-state index contributed by atoms with van der Waals surface area (Å²) in [6.07, 6.45) is 1.76. The molecule has 0 aliphatic heterocycles. The van der Waals surface area contributed by atoms with Crippen molar-refractivity contribution in [3.63, 3.8) is 0 Å². The van der Waals surface area contributed by atoms with E-state index in [1.165, 1.54) is 11.3 Å². The predicted molar refractivity (Wildman–Crippen MR) is 135 cm³/mol. The van der Waals surface area contributed by atoms with Gasteiger partial charge in [0.2, 0.25) is 5.91 Å². The van der Waals surface area contributed by atoms with Gasteiger partial charge in [-0.15, -0.1) is 0 Å². The van der Waals surface area contributed by atoms with Crippen molar-refractivity contribution in [3.05, 3.63) is 42.1 Å². The number of hydrogen-bond donors (Lipinski definition) is 4. The van der Waals surface area contributed by atoms with Gasteiger partial charge in [0.1, 0.15) is 5.54 Å². The minimum atomic E-state index is -0.927. The number of fused-ring (bicyclic) bond motifs is 3. The molecule has 2 amide bonds.